The normalized spacial score (nSPS) is 23.8. The molecule has 0 spiro atoms. The van der Waals surface area contributed by atoms with Gasteiger partial charge in [0.25, 0.3) is 0 Å². The van der Waals surface area contributed by atoms with Crippen molar-refractivity contribution in [3.8, 4) is 11.5 Å². The molecule has 2 fully saturated rings. The number of benzene rings is 1. The quantitative estimate of drug-likeness (QED) is 0.516. The zero-order valence-corrected chi connectivity index (χ0v) is 24.0. The van der Waals surface area contributed by atoms with Gasteiger partial charge in [0.1, 0.15) is 11.6 Å². The van der Waals surface area contributed by atoms with Crippen molar-refractivity contribution >= 4 is 12.0 Å². The Hall–Kier alpha value is -2.48. The van der Waals surface area contributed by atoms with Gasteiger partial charge in [0.2, 0.25) is 5.91 Å². The van der Waals surface area contributed by atoms with Crippen molar-refractivity contribution in [1.82, 2.24) is 10.2 Å². The SMILES string of the molecule is COc1ccc([C@@H]2CN(C(=O)[C@H](NC(=O)OC(C)(C)C)C(C)(C)C)C[C@]2(C)[C@@H](C)O)cc1OCC1CC1. The minimum absolute atomic E-state index is 0.132. The lowest BCUT2D eigenvalue weighted by molar-refractivity contribution is -0.135. The zero-order valence-electron chi connectivity index (χ0n) is 24.0. The van der Waals surface area contributed by atoms with E-state index in [-0.39, 0.29) is 11.8 Å². The fourth-order valence-electron chi connectivity index (χ4n) is 4.86. The molecular formula is C29H46N2O6. The summed E-state index contributed by atoms with van der Waals surface area (Å²) >= 11 is 0. The number of amides is 2. The maximum Gasteiger partial charge on any atom is 0.408 e. The molecular weight excluding hydrogens is 472 g/mol. The Morgan fingerprint density at radius 2 is 1.81 bits per heavy atom. The van der Waals surface area contributed by atoms with Gasteiger partial charge in [-0.15, -0.1) is 0 Å². The number of likely N-dealkylation sites (tertiary alicyclic amines) is 1. The lowest BCUT2D eigenvalue weighted by Gasteiger charge is -2.35. The highest BCUT2D eigenvalue weighted by molar-refractivity contribution is 5.87. The van der Waals surface area contributed by atoms with Crippen molar-refractivity contribution in [2.24, 2.45) is 16.7 Å². The van der Waals surface area contributed by atoms with Crippen LogP contribution in [0.3, 0.4) is 0 Å². The Balaban J connectivity index is 1.87. The Kier molecular flexibility index (Phi) is 8.42. The Morgan fingerprint density at radius 1 is 1.16 bits per heavy atom. The maximum atomic E-state index is 13.9. The molecule has 0 bridgehead atoms. The van der Waals surface area contributed by atoms with E-state index in [2.05, 4.69) is 5.32 Å². The first-order chi connectivity index (χ1) is 17.0. The van der Waals surface area contributed by atoms with Gasteiger partial charge in [-0.1, -0.05) is 33.8 Å². The summed E-state index contributed by atoms with van der Waals surface area (Å²) in [5.41, 5.74) is -0.825. The number of nitrogens with zero attached hydrogens (tertiary/aromatic N) is 1. The monoisotopic (exact) mass is 518 g/mol. The molecule has 4 atom stereocenters. The Labute approximate surface area is 222 Å². The number of aliphatic hydroxyl groups excluding tert-OH is 1. The van der Waals surface area contributed by atoms with E-state index in [4.69, 9.17) is 14.2 Å². The van der Waals surface area contributed by atoms with Gasteiger partial charge >= 0.3 is 6.09 Å². The summed E-state index contributed by atoms with van der Waals surface area (Å²) in [6.07, 6.45) is 1.09. The highest BCUT2D eigenvalue weighted by Gasteiger charge is 2.50. The average molecular weight is 519 g/mol. The van der Waals surface area contributed by atoms with Crippen LogP contribution in [0.2, 0.25) is 0 Å². The standard InChI is InChI=1S/C29H46N2O6/c1-18(32)29(8)17-31(25(33)24(27(2,3)4)30-26(34)37-28(5,6)7)15-21(29)20-12-13-22(35-9)23(14-20)36-16-19-10-11-19/h12-14,18-19,21,24,32H,10-11,15-17H2,1-9H3,(H,30,34)/t18-,21+,24+,29-/m1/s1. The van der Waals surface area contributed by atoms with Gasteiger partial charge in [-0.3, -0.25) is 4.79 Å². The van der Waals surface area contributed by atoms with Crippen molar-refractivity contribution in [2.75, 3.05) is 26.8 Å². The third-order valence-electron chi connectivity index (χ3n) is 7.53. The van der Waals surface area contributed by atoms with Crippen LogP contribution >= 0.6 is 0 Å². The number of aliphatic hydroxyl groups is 1. The smallest absolute Gasteiger partial charge is 0.408 e. The van der Waals surface area contributed by atoms with Crippen LogP contribution in [0, 0.1) is 16.7 Å². The van der Waals surface area contributed by atoms with E-state index in [0.29, 0.717) is 37.1 Å². The van der Waals surface area contributed by atoms with E-state index in [1.807, 2.05) is 45.9 Å². The second-order valence-electron chi connectivity index (χ2n) is 13.1. The molecule has 1 saturated heterocycles. The summed E-state index contributed by atoms with van der Waals surface area (Å²) in [4.78, 5) is 28.2. The maximum absolute atomic E-state index is 13.9. The summed E-state index contributed by atoms with van der Waals surface area (Å²) in [6, 6.07) is 5.09. The van der Waals surface area contributed by atoms with Crippen LogP contribution < -0.4 is 14.8 Å². The van der Waals surface area contributed by atoms with Crippen LogP contribution in [0.15, 0.2) is 18.2 Å². The van der Waals surface area contributed by atoms with Gasteiger partial charge in [-0.2, -0.15) is 0 Å². The van der Waals surface area contributed by atoms with Crippen molar-refractivity contribution in [1.29, 1.82) is 0 Å². The highest BCUT2D eigenvalue weighted by Crippen LogP contribution is 2.47. The van der Waals surface area contributed by atoms with Gasteiger partial charge in [0.15, 0.2) is 11.5 Å². The number of nitrogens with one attached hydrogen (secondary N) is 1. The molecule has 2 aliphatic rings. The van der Waals surface area contributed by atoms with Crippen LogP contribution in [-0.2, 0) is 9.53 Å². The van der Waals surface area contributed by atoms with Gasteiger partial charge in [-0.05, 0) is 69.6 Å². The van der Waals surface area contributed by atoms with Gasteiger partial charge in [-0.25, -0.2) is 4.79 Å². The minimum atomic E-state index is -0.785. The molecule has 37 heavy (non-hydrogen) atoms. The summed E-state index contributed by atoms with van der Waals surface area (Å²) < 4.78 is 17.1. The van der Waals surface area contributed by atoms with E-state index in [0.717, 1.165) is 5.56 Å². The summed E-state index contributed by atoms with van der Waals surface area (Å²) in [7, 11) is 1.62. The van der Waals surface area contributed by atoms with Crippen LogP contribution in [0.1, 0.15) is 79.7 Å². The van der Waals surface area contributed by atoms with Crippen LogP contribution in [0.4, 0.5) is 4.79 Å². The van der Waals surface area contributed by atoms with Crippen molar-refractivity contribution in [2.45, 2.75) is 91.9 Å². The minimum Gasteiger partial charge on any atom is -0.493 e. The first-order valence-corrected chi connectivity index (χ1v) is 13.3. The summed E-state index contributed by atoms with van der Waals surface area (Å²) in [5.74, 6) is 1.63. The molecule has 8 heteroatoms. The number of rotatable bonds is 8. The van der Waals surface area contributed by atoms with E-state index in [1.54, 1.807) is 39.7 Å². The molecule has 1 aliphatic carbocycles. The van der Waals surface area contributed by atoms with Gasteiger partial charge in [0.05, 0.1) is 19.8 Å². The van der Waals surface area contributed by atoms with E-state index < -0.39 is 34.7 Å². The topological polar surface area (TPSA) is 97.3 Å². The van der Waals surface area contributed by atoms with E-state index >= 15 is 0 Å². The Bertz CT molecular complexity index is 976. The molecule has 0 radical (unpaired) electrons. The fourth-order valence-corrected chi connectivity index (χ4v) is 4.86. The second kappa shape index (κ2) is 10.7. The predicted molar refractivity (Wildman–Crippen MR) is 143 cm³/mol. The fraction of sp³-hybridized carbons (Fsp3) is 0.724. The van der Waals surface area contributed by atoms with Crippen LogP contribution in [0.5, 0.6) is 11.5 Å². The number of hydrogen-bond donors (Lipinski definition) is 2. The molecule has 208 valence electrons. The molecule has 1 aromatic carbocycles. The third kappa shape index (κ3) is 7.09. The average Bonchev–Trinajstić information content (AvgIpc) is 3.53. The summed E-state index contributed by atoms with van der Waals surface area (Å²) in [5, 5.41) is 13.7. The molecule has 1 heterocycles. The van der Waals surface area contributed by atoms with Gasteiger partial charge < -0.3 is 29.5 Å². The largest absolute Gasteiger partial charge is 0.493 e. The second-order valence-corrected chi connectivity index (χ2v) is 13.1. The number of methoxy groups -OCH3 is 1. The van der Waals surface area contributed by atoms with Crippen molar-refractivity contribution in [3.63, 3.8) is 0 Å². The lowest BCUT2D eigenvalue weighted by atomic mass is 9.72. The molecule has 1 saturated carbocycles. The highest BCUT2D eigenvalue weighted by atomic mass is 16.6. The molecule has 0 aromatic heterocycles. The molecule has 2 amide bonds. The number of ether oxygens (including phenoxy) is 3. The van der Waals surface area contributed by atoms with E-state index in [9.17, 15) is 14.7 Å². The molecule has 0 unspecified atom stereocenters. The van der Waals surface area contributed by atoms with Crippen LogP contribution in [0.25, 0.3) is 0 Å². The Morgan fingerprint density at radius 3 is 2.32 bits per heavy atom. The summed E-state index contributed by atoms with van der Waals surface area (Å²) in [6.45, 7) is 16.3. The molecule has 3 rings (SSSR count). The third-order valence-corrected chi connectivity index (χ3v) is 7.53. The van der Waals surface area contributed by atoms with Crippen LogP contribution in [-0.4, -0.2) is 66.6 Å². The first-order valence-electron chi connectivity index (χ1n) is 13.3. The number of carbonyl (C=O) groups excluding carboxylic acids is 2. The number of carbonyl (C=O) groups is 2. The predicted octanol–water partition coefficient (Wildman–Crippen LogP) is 4.74. The molecule has 8 nitrogen and oxygen atoms in total. The van der Waals surface area contributed by atoms with E-state index in [1.165, 1.54) is 12.8 Å². The van der Waals surface area contributed by atoms with Crippen molar-refractivity contribution < 1.29 is 28.9 Å². The lowest BCUT2D eigenvalue weighted by Crippen LogP contribution is -2.55. The number of hydrogen-bond acceptors (Lipinski definition) is 6. The molecule has 1 aliphatic heterocycles. The number of alkyl carbamates (subject to hydrolysis) is 1. The zero-order chi connectivity index (χ0) is 27.8. The van der Waals surface area contributed by atoms with Gasteiger partial charge in [0, 0.05) is 24.4 Å². The molecule has 2 N–H and O–H groups in total. The first kappa shape index (κ1) is 29.1. The molecule has 1 aromatic rings. The van der Waals surface area contributed by atoms with Crippen molar-refractivity contribution in [3.05, 3.63) is 23.8 Å².